The molecule has 3 aliphatic rings. The molecular formula is C35H43N3O8. The van der Waals surface area contributed by atoms with Crippen LogP contribution in [0, 0.1) is 23.7 Å². The lowest BCUT2D eigenvalue weighted by atomic mass is 9.52. The van der Waals surface area contributed by atoms with Crippen LogP contribution in [0.1, 0.15) is 54.2 Å². The van der Waals surface area contributed by atoms with Crippen molar-refractivity contribution in [3.05, 3.63) is 46.5 Å². The molecule has 3 aliphatic carbocycles. The molecule has 2 unspecified atom stereocenters. The molecule has 46 heavy (non-hydrogen) atoms. The first-order chi connectivity index (χ1) is 21.4. The first kappa shape index (κ1) is 33.4. The van der Waals surface area contributed by atoms with Crippen LogP contribution in [0.5, 0.6) is 11.5 Å². The fourth-order valence-corrected chi connectivity index (χ4v) is 7.91. The fraction of sp³-hybridized carbons (Fsp3) is 0.514. The molecule has 1 amide bonds. The number of nitrogens with two attached hydrogens (primary N) is 1. The number of methoxy groups -OCH3 is 1. The van der Waals surface area contributed by atoms with Gasteiger partial charge in [-0.15, -0.1) is 0 Å². The van der Waals surface area contributed by atoms with Gasteiger partial charge >= 0.3 is 0 Å². The number of likely N-dealkylation sites (N-methyl/N-ethyl adjacent to an activating group) is 1. The number of aromatic hydroxyl groups is 1. The van der Waals surface area contributed by atoms with Gasteiger partial charge in [-0.2, -0.15) is 0 Å². The Balaban J connectivity index is 1.75. The van der Waals surface area contributed by atoms with E-state index < -0.39 is 69.8 Å². The molecular weight excluding hydrogens is 590 g/mol. The Morgan fingerprint density at radius 1 is 1.04 bits per heavy atom. The van der Waals surface area contributed by atoms with Gasteiger partial charge in [0.2, 0.25) is 5.91 Å². The number of carbonyl (C=O) groups excluding carboxylic acids is 5. The molecule has 0 radical (unpaired) electrons. The van der Waals surface area contributed by atoms with Crippen molar-refractivity contribution in [3.63, 3.8) is 0 Å². The monoisotopic (exact) mass is 633 g/mol. The van der Waals surface area contributed by atoms with E-state index in [-0.39, 0.29) is 24.2 Å². The summed E-state index contributed by atoms with van der Waals surface area (Å²) in [7, 11) is 8.59. The third-order valence-corrected chi connectivity index (χ3v) is 9.92. The van der Waals surface area contributed by atoms with E-state index in [4.69, 9.17) is 10.5 Å². The van der Waals surface area contributed by atoms with Gasteiger partial charge in [-0.25, -0.2) is 0 Å². The third-order valence-electron chi connectivity index (χ3n) is 9.92. The number of benzene rings is 2. The van der Waals surface area contributed by atoms with E-state index in [0.29, 0.717) is 34.5 Å². The van der Waals surface area contributed by atoms with Crippen molar-refractivity contribution < 1.29 is 38.9 Å². The van der Waals surface area contributed by atoms with E-state index in [2.05, 4.69) is 0 Å². The van der Waals surface area contributed by atoms with Crippen LogP contribution in [0.25, 0.3) is 11.1 Å². The summed E-state index contributed by atoms with van der Waals surface area (Å²) in [6.45, 7) is 6.34. The van der Waals surface area contributed by atoms with Crippen molar-refractivity contribution in [2.75, 3.05) is 35.3 Å². The number of nitrogens with zero attached hydrogens (tertiary/aromatic N) is 2. The lowest BCUT2D eigenvalue weighted by Crippen LogP contribution is -2.74. The number of hydrogen-bond acceptors (Lipinski definition) is 10. The first-order valence-corrected chi connectivity index (χ1v) is 15.4. The smallest absolute Gasteiger partial charge is 0.235 e. The van der Waals surface area contributed by atoms with Crippen LogP contribution >= 0.6 is 0 Å². The molecule has 0 aliphatic heterocycles. The molecule has 0 aromatic heterocycles. The normalized spacial score (nSPS) is 27.8. The van der Waals surface area contributed by atoms with Gasteiger partial charge in [0.05, 0.1) is 24.6 Å². The van der Waals surface area contributed by atoms with Gasteiger partial charge in [0.15, 0.2) is 34.7 Å². The minimum atomic E-state index is -2.78. The molecule has 2 saturated carbocycles. The molecule has 2 aromatic carbocycles. The van der Waals surface area contributed by atoms with Crippen molar-refractivity contribution in [1.29, 1.82) is 0 Å². The number of phenolic OH excluding ortho intramolecular Hbond substituents is 1. The molecule has 11 nitrogen and oxygen atoms in total. The van der Waals surface area contributed by atoms with Crippen LogP contribution in [0.2, 0.25) is 0 Å². The van der Waals surface area contributed by atoms with Crippen LogP contribution in [0.15, 0.2) is 24.3 Å². The molecule has 0 spiro atoms. The largest absolute Gasteiger partial charge is 0.507 e. The topological polar surface area (TPSA) is 168 Å². The molecule has 5 rings (SSSR count). The number of hydrogen-bond donors (Lipinski definition) is 3. The van der Waals surface area contributed by atoms with E-state index in [9.17, 15) is 34.2 Å². The lowest BCUT2D eigenvalue weighted by Gasteiger charge is -2.52. The number of carbonyl (C=O) groups is 5. The number of rotatable bonds is 6. The average Bonchev–Trinajstić information content (AvgIpc) is 2.93. The molecule has 246 valence electrons. The van der Waals surface area contributed by atoms with Crippen LogP contribution in [0.4, 0.5) is 0 Å². The highest BCUT2D eigenvalue weighted by Gasteiger charge is 2.69. The van der Waals surface area contributed by atoms with Crippen LogP contribution in [0.3, 0.4) is 0 Å². The number of primary amides is 1. The first-order valence-electron chi connectivity index (χ1n) is 15.4. The zero-order valence-electron chi connectivity index (χ0n) is 27.6. The second-order valence-electron chi connectivity index (χ2n) is 14.5. The maximum Gasteiger partial charge on any atom is 0.235 e. The molecule has 4 N–H and O–H groups in total. The Morgan fingerprint density at radius 2 is 1.70 bits per heavy atom. The summed E-state index contributed by atoms with van der Waals surface area (Å²) in [6.07, 6.45) is 0.128. The van der Waals surface area contributed by atoms with Crippen molar-refractivity contribution in [1.82, 2.24) is 9.80 Å². The SMILES string of the molecule is COc1ccc(CN(C)C)cc1-c1cc(C(C)(C)C)c(O)c2c1C[C@@H]1C[C@@H]3[C@@H](N(C)C)C(=O)C(C(N)=O)C(=O)[C@]3(O)C(=O)C1C2=O. The van der Waals surface area contributed by atoms with Gasteiger partial charge in [-0.3, -0.25) is 28.9 Å². The lowest BCUT2D eigenvalue weighted by molar-refractivity contribution is -0.181. The highest BCUT2D eigenvalue weighted by molar-refractivity contribution is 6.32. The summed E-state index contributed by atoms with van der Waals surface area (Å²) in [5.41, 5.74) is 5.39. The number of phenols is 1. The van der Waals surface area contributed by atoms with Crippen LogP contribution in [-0.4, -0.2) is 96.0 Å². The fourth-order valence-electron chi connectivity index (χ4n) is 7.91. The third kappa shape index (κ3) is 4.96. The highest BCUT2D eigenvalue weighted by Crippen LogP contribution is 2.53. The second-order valence-corrected chi connectivity index (χ2v) is 14.5. The Labute approximate surface area is 268 Å². The molecule has 0 bridgehead atoms. The van der Waals surface area contributed by atoms with E-state index in [1.807, 2.05) is 64.0 Å². The van der Waals surface area contributed by atoms with E-state index >= 15 is 0 Å². The number of ether oxygens (including phenoxy) is 1. The maximum atomic E-state index is 14.5. The minimum absolute atomic E-state index is 0.0249. The Bertz CT molecular complexity index is 1670. The molecule has 6 atom stereocenters. The number of ketones is 4. The summed E-state index contributed by atoms with van der Waals surface area (Å²) >= 11 is 0. The van der Waals surface area contributed by atoms with Crippen LogP contribution < -0.4 is 10.5 Å². The van der Waals surface area contributed by atoms with E-state index in [1.54, 1.807) is 21.2 Å². The van der Waals surface area contributed by atoms with E-state index in [0.717, 1.165) is 5.56 Å². The van der Waals surface area contributed by atoms with Crippen molar-refractivity contribution in [2.45, 2.75) is 57.2 Å². The Hall–Kier alpha value is -3.93. The summed E-state index contributed by atoms with van der Waals surface area (Å²) in [5, 5.41) is 23.6. The predicted octanol–water partition coefficient (Wildman–Crippen LogP) is 1.90. The van der Waals surface area contributed by atoms with Gasteiger partial charge in [-0.05, 0) is 87.3 Å². The molecule has 11 heteroatoms. The quantitative estimate of drug-likeness (QED) is 0.400. The summed E-state index contributed by atoms with van der Waals surface area (Å²) < 4.78 is 5.77. The Morgan fingerprint density at radius 3 is 2.24 bits per heavy atom. The maximum absolute atomic E-state index is 14.5. The molecule has 0 saturated heterocycles. The summed E-state index contributed by atoms with van der Waals surface area (Å²) in [6, 6.07) is 6.51. The minimum Gasteiger partial charge on any atom is -0.507 e. The number of Topliss-reactive ketones (excluding diaryl/α,β-unsaturated/α-hetero) is 4. The van der Waals surface area contributed by atoms with Crippen molar-refractivity contribution in [2.24, 2.45) is 29.4 Å². The molecule has 2 fully saturated rings. The summed E-state index contributed by atoms with van der Waals surface area (Å²) in [4.78, 5) is 71.7. The average molecular weight is 634 g/mol. The number of aliphatic hydroxyl groups is 1. The van der Waals surface area contributed by atoms with E-state index in [1.165, 1.54) is 4.90 Å². The summed E-state index contributed by atoms with van der Waals surface area (Å²) in [5.74, 6) is -10.2. The van der Waals surface area contributed by atoms with Gasteiger partial charge in [0, 0.05) is 23.6 Å². The predicted molar refractivity (Wildman–Crippen MR) is 169 cm³/mol. The zero-order chi connectivity index (χ0) is 34.2. The number of amides is 1. The van der Waals surface area contributed by atoms with Gasteiger partial charge in [0.25, 0.3) is 0 Å². The van der Waals surface area contributed by atoms with Gasteiger partial charge in [-0.1, -0.05) is 26.8 Å². The highest BCUT2D eigenvalue weighted by atomic mass is 16.5. The Kier molecular flexibility index (Phi) is 8.28. The van der Waals surface area contributed by atoms with Gasteiger partial charge in [0.1, 0.15) is 11.5 Å². The van der Waals surface area contributed by atoms with Crippen LogP contribution in [-0.2, 0) is 37.6 Å². The number of fused-ring (bicyclic) bond motifs is 3. The standard InChI is InChI=1S/C35H43N3O8/c1-34(2,3)22-14-18(19-11-16(15-37(4)5)9-10-23(19)46-8)20-12-17-13-21-27(38(6)7)30(41)26(33(36)44)32(43)35(21,45)31(42)24(17)29(40)25(20)28(22)39/h9-11,14,17,21,24,26-27,39,45H,12-13,15H2,1-8H3,(H2,36,44)/t17-,21-,24?,26?,27-,35-/m1/s1. The van der Waals surface area contributed by atoms with Crippen molar-refractivity contribution >= 4 is 29.0 Å². The second kappa shape index (κ2) is 11.4. The molecule has 0 heterocycles. The van der Waals surface area contributed by atoms with Gasteiger partial charge < -0.3 is 25.6 Å². The molecule has 2 aromatic rings. The van der Waals surface area contributed by atoms with Crippen molar-refractivity contribution in [3.8, 4) is 22.6 Å². The zero-order valence-corrected chi connectivity index (χ0v) is 27.6.